The number of thioether (sulfide) groups is 1. The number of fused-ring (bicyclic) bond motifs is 1. The van der Waals surface area contributed by atoms with Gasteiger partial charge < -0.3 is 9.64 Å². The van der Waals surface area contributed by atoms with Crippen molar-refractivity contribution >= 4 is 39.9 Å². The van der Waals surface area contributed by atoms with Crippen LogP contribution in [0, 0.1) is 0 Å². The summed E-state index contributed by atoms with van der Waals surface area (Å²) in [5, 5.41) is 0. The molecule has 3 rings (SSSR count). The van der Waals surface area contributed by atoms with E-state index in [0.717, 1.165) is 23.9 Å². The fraction of sp³-hybridized carbons (Fsp3) is 0.200. The zero-order valence-corrected chi connectivity index (χ0v) is 13.3. The first-order chi connectivity index (χ1) is 10.1. The van der Waals surface area contributed by atoms with E-state index in [2.05, 4.69) is 11.8 Å². The quantitative estimate of drug-likeness (QED) is 0.618. The number of thiocarbonyl (C=S) groups is 1. The first-order valence-corrected chi connectivity index (χ1v) is 7.80. The summed E-state index contributed by atoms with van der Waals surface area (Å²) in [6.45, 7) is 2.86. The fourth-order valence-electron chi connectivity index (χ4n) is 2.21. The van der Waals surface area contributed by atoms with Gasteiger partial charge in [0.1, 0.15) is 4.32 Å². The number of hydrogen-bond acceptors (Lipinski definition) is 5. The van der Waals surface area contributed by atoms with Crippen LogP contribution >= 0.6 is 24.0 Å². The van der Waals surface area contributed by atoms with Gasteiger partial charge >= 0.3 is 0 Å². The summed E-state index contributed by atoms with van der Waals surface area (Å²) in [5.74, 6) is 1.49. The minimum atomic E-state index is -0.0691. The van der Waals surface area contributed by atoms with Gasteiger partial charge in [-0.25, -0.2) is 0 Å². The highest BCUT2D eigenvalue weighted by molar-refractivity contribution is 8.26. The van der Waals surface area contributed by atoms with Crippen molar-refractivity contribution in [1.82, 2.24) is 4.90 Å². The highest BCUT2D eigenvalue weighted by Crippen LogP contribution is 2.38. The van der Waals surface area contributed by atoms with Crippen LogP contribution in [0.3, 0.4) is 0 Å². The van der Waals surface area contributed by atoms with Gasteiger partial charge in [-0.2, -0.15) is 0 Å². The maximum Gasteiger partial charge on any atom is 0.265 e. The number of para-hydroxylation sites is 2. The van der Waals surface area contributed by atoms with Crippen molar-refractivity contribution in [3.63, 3.8) is 0 Å². The lowest BCUT2D eigenvalue weighted by Crippen LogP contribution is -2.22. The number of ether oxygens (including phenoxy) is 1. The lowest BCUT2D eigenvalue weighted by molar-refractivity contribution is -0.121. The van der Waals surface area contributed by atoms with Gasteiger partial charge in [-0.15, -0.1) is 0 Å². The van der Waals surface area contributed by atoms with Gasteiger partial charge in [0.25, 0.3) is 5.91 Å². The monoisotopic (exact) mass is 318 g/mol. The Balaban J connectivity index is 1.89. The number of allylic oxidation sites excluding steroid dienone is 2. The van der Waals surface area contributed by atoms with Crippen molar-refractivity contribution in [2.75, 3.05) is 18.5 Å². The summed E-state index contributed by atoms with van der Waals surface area (Å²) >= 11 is 6.42. The first kappa shape index (κ1) is 14.2. The second-order valence-corrected chi connectivity index (χ2v) is 6.26. The summed E-state index contributed by atoms with van der Waals surface area (Å²) in [5.41, 5.74) is 1.04. The van der Waals surface area contributed by atoms with Gasteiger partial charge in [0.05, 0.1) is 10.6 Å². The molecule has 6 heteroatoms. The van der Waals surface area contributed by atoms with Gasteiger partial charge in [-0.1, -0.05) is 36.1 Å². The van der Waals surface area contributed by atoms with E-state index in [9.17, 15) is 4.79 Å². The number of rotatable bonds is 2. The lowest BCUT2D eigenvalue weighted by Gasteiger charge is -2.14. The van der Waals surface area contributed by atoms with Gasteiger partial charge in [0.2, 0.25) is 5.88 Å². The van der Waals surface area contributed by atoms with Gasteiger partial charge in [0.15, 0.2) is 5.75 Å². The second kappa shape index (κ2) is 5.54. The van der Waals surface area contributed by atoms with E-state index in [0.29, 0.717) is 9.23 Å². The predicted molar refractivity (Wildman–Crippen MR) is 89.2 cm³/mol. The third-order valence-corrected chi connectivity index (χ3v) is 4.82. The van der Waals surface area contributed by atoms with E-state index in [-0.39, 0.29) is 5.91 Å². The summed E-state index contributed by atoms with van der Waals surface area (Å²) in [7, 11) is 1.69. The van der Waals surface area contributed by atoms with Gasteiger partial charge in [-0.05, 0) is 25.1 Å². The maximum absolute atomic E-state index is 12.0. The summed E-state index contributed by atoms with van der Waals surface area (Å²) in [6.07, 6.45) is 3.60. The highest BCUT2D eigenvalue weighted by atomic mass is 32.2. The molecule has 0 spiro atoms. The van der Waals surface area contributed by atoms with Crippen molar-refractivity contribution in [1.29, 1.82) is 0 Å². The fourth-order valence-corrected chi connectivity index (χ4v) is 3.33. The maximum atomic E-state index is 12.0. The molecule has 4 nitrogen and oxygen atoms in total. The lowest BCUT2D eigenvalue weighted by atomic mass is 10.3. The molecule has 0 radical (unpaired) electrons. The van der Waals surface area contributed by atoms with Crippen molar-refractivity contribution in [3.8, 4) is 5.75 Å². The predicted octanol–water partition coefficient (Wildman–Crippen LogP) is 3.12. The number of anilines is 1. The minimum absolute atomic E-state index is 0.0691. The Morgan fingerprint density at radius 1 is 1.33 bits per heavy atom. The van der Waals surface area contributed by atoms with Crippen LogP contribution in [0.5, 0.6) is 5.75 Å². The van der Waals surface area contributed by atoms with Gasteiger partial charge in [-0.3, -0.25) is 9.69 Å². The SMILES string of the molecule is CCN1C(=CC=C2SC(=S)N(C)C2=O)Oc2ccccc21. The van der Waals surface area contributed by atoms with Crippen LogP contribution in [0.4, 0.5) is 5.69 Å². The smallest absolute Gasteiger partial charge is 0.265 e. The Morgan fingerprint density at radius 2 is 2.10 bits per heavy atom. The van der Waals surface area contributed by atoms with E-state index < -0.39 is 0 Å². The Morgan fingerprint density at radius 3 is 2.76 bits per heavy atom. The van der Waals surface area contributed by atoms with Crippen LogP contribution in [0.15, 0.2) is 47.2 Å². The summed E-state index contributed by atoms with van der Waals surface area (Å²) in [6, 6.07) is 7.88. The number of benzene rings is 1. The molecule has 0 aromatic heterocycles. The number of carbonyl (C=O) groups is 1. The van der Waals surface area contributed by atoms with Crippen LogP contribution in [0.2, 0.25) is 0 Å². The normalized spacial score (nSPS) is 21.4. The average molecular weight is 318 g/mol. The molecule has 21 heavy (non-hydrogen) atoms. The van der Waals surface area contributed by atoms with Crippen molar-refractivity contribution in [2.24, 2.45) is 0 Å². The minimum Gasteiger partial charge on any atom is -0.439 e. The molecule has 108 valence electrons. The molecule has 0 bridgehead atoms. The Labute approximate surface area is 133 Å². The molecule has 0 aliphatic carbocycles. The molecule has 1 amide bonds. The van der Waals surface area contributed by atoms with E-state index in [1.165, 1.54) is 16.7 Å². The Hall–Kier alpha value is -1.79. The zero-order chi connectivity index (χ0) is 15.0. The van der Waals surface area contributed by atoms with Crippen molar-refractivity contribution in [2.45, 2.75) is 6.92 Å². The molecule has 1 fully saturated rings. The number of carbonyl (C=O) groups excluding carboxylic acids is 1. The molecular formula is C15H14N2O2S2. The topological polar surface area (TPSA) is 32.8 Å². The van der Waals surface area contributed by atoms with E-state index in [1.807, 2.05) is 30.3 Å². The van der Waals surface area contributed by atoms with Gasteiger partial charge in [0, 0.05) is 19.7 Å². The number of amides is 1. The second-order valence-electron chi connectivity index (χ2n) is 4.58. The first-order valence-electron chi connectivity index (χ1n) is 6.58. The van der Waals surface area contributed by atoms with Crippen LogP contribution in [-0.4, -0.2) is 28.7 Å². The molecular weight excluding hydrogens is 304 g/mol. The largest absolute Gasteiger partial charge is 0.439 e. The third-order valence-electron chi connectivity index (χ3n) is 3.32. The molecule has 1 aromatic rings. The van der Waals surface area contributed by atoms with Crippen molar-refractivity contribution in [3.05, 3.63) is 47.2 Å². The average Bonchev–Trinajstić information content (AvgIpc) is 2.97. The number of likely N-dealkylation sites (N-methyl/N-ethyl adjacent to an activating group) is 1. The molecule has 1 saturated heterocycles. The Kier molecular flexibility index (Phi) is 3.73. The molecule has 1 aromatic carbocycles. The number of nitrogens with zero attached hydrogens (tertiary/aromatic N) is 2. The van der Waals surface area contributed by atoms with E-state index in [4.69, 9.17) is 17.0 Å². The van der Waals surface area contributed by atoms with Crippen LogP contribution < -0.4 is 9.64 Å². The van der Waals surface area contributed by atoms with Crippen molar-refractivity contribution < 1.29 is 9.53 Å². The molecule has 2 aliphatic heterocycles. The van der Waals surface area contributed by atoms with Crippen LogP contribution in [0.25, 0.3) is 0 Å². The van der Waals surface area contributed by atoms with E-state index in [1.54, 1.807) is 13.1 Å². The molecule has 0 saturated carbocycles. The Bertz CT molecular complexity index is 682. The third kappa shape index (κ3) is 2.45. The summed E-state index contributed by atoms with van der Waals surface area (Å²) in [4.78, 5) is 16.1. The molecule has 0 unspecified atom stereocenters. The molecule has 0 N–H and O–H groups in total. The molecule has 0 atom stereocenters. The summed E-state index contributed by atoms with van der Waals surface area (Å²) < 4.78 is 6.41. The zero-order valence-electron chi connectivity index (χ0n) is 11.7. The van der Waals surface area contributed by atoms with Crippen LogP contribution in [0.1, 0.15) is 6.92 Å². The van der Waals surface area contributed by atoms with Crippen LogP contribution in [-0.2, 0) is 4.79 Å². The van der Waals surface area contributed by atoms with E-state index >= 15 is 0 Å². The molecule has 2 heterocycles. The molecule has 2 aliphatic rings. The standard InChI is InChI=1S/C15H14N2O2S2/c1-3-17-10-6-4-5-7-11(10)19-13(17)9-8-12-14(18)16(2)15(20)21-12/h4-9H,3H2,1-2H3. The number of hydrogen-bond donors (Lipinski definition) is 0. The highest BCUT2D eigenvalue weighted by Gasteiger charge is 2.29.